The van der Waals surface area contributed by atoms with E-state index >= 15 is 0 Å². The van der Waals surface area contributed by atoms with E-state index in [-0.39, 0.29) is 24.5 Å². The molecular formula is C21H25NO4. The Balaban J connectivity index is 2.35. The molecule has 0 heterocycles. The standard InChI is InChI=1S/C21H25NO4/c1-15(21(24)26-4)14-22(16(2)17-9-6-5-7-10-17)20(23)18-11-8-12-19(13-18)25-3/h5-13,15-16H,14H2,1-4H3. The first kappa shape index (κ1) is 19.5. The normalized spacial score (nSPS) is 12.8. The van der Waals surface area contributed by atoms with Crippen LogP contribution in [0.1, 0.15) is 35.8 Å². The molecule has 2 rings (SSSR count). The van der Waals surface area contributed by atoms with Gasteiger partial charge in [-0.3, -0.25) is 9.59 Å². The number of hydrogen-bond donors (Lipinski definition) is 0. The number of carbonyl (C=O) groups is 2. The third kappa shape index (κ3) is 4.63. The van der Waals surface area contributed by atoms with E-state index in [0.29, 0.717) is 11.3 Å². The number of benzene rings is 2. The van der Waals surface area contributed by atoms with Gasteiger partial charge in [-0.05, 0) is 30.7 Å². The fourth-order valence-electron chi connectivity index (χ4n) is 2.82. The lowest BCUT2D eigenvalue weighted by Crippen LogP contribution is -2.39. The number of carbonyl (C=O) groups excluding carboxylic acids is 2. The Morgan fingerprint density at radius 1 is 1.00 bits per heavy atom. The minimum Gasteiger partial charge on any atom is -0.497 e. The summed E-state index contributed by atoms with van der Waals surface area (Å²) in [5.74, 6) is -0.311. The number of esters is 1. The summed E-state index contributed by atoms with van der Waals surface area (Å²) in [5.41, 5.74) is 1.52. The van der Waals surface area contributed by atoms with E-state index in [4.69, 9.17) is 9.47 Å². The van der Waals surface area contributed by atoms with Crippen LogP contribution in [0, 0.1) is 5.92 Å². The van der Waals surface area contributed by atoms with E-state index < -0.39 is 5.92 Å². The van der Waals surface area contributed by atoms with Gasteiger partial charge in [-0.15, -0.1) is 0 Å². The van der Waals surface area contributed by atoms with Crippen LogP contribution in [0.3, 0.4) is 0 Å². The quantitative estimate of drug-likeness (QED) is 0.711. The predicted octanol–water partition coefficient (Wildman–Crippen LogP) is 3.71. The van der Waals surface area contributed by atoms with Crippen LogP contribution in [0.15, 0.2) is 54.6 Å². The maximum Gasteiger partial charge on any atom is 0.310 e. The monoisotopic (exact) mass is 355 g/mol. The fourth-order valence-corrected chi connectivity index (χ4v) is 2.82. The van der Waals surface area contributed by atoms with Crippen LogP contribution < -0.4 is 4.74 Å². The van der Waals surface area contributed by atoms with Crippen LogP contribution in [0.5, 0.6) is 5.75 Å². The van der Waals surface area contributed by atoms with E-state index in [2.05, 4.69) is 0 Å². The smallest absolute Gasteiger partial charge is 0.310 e. The predicted molar refractivity (Wildman–Crippen MR) is 100 cm³/mol. The number of hydrogen-bond acceptors (Lipinski definition) is 4. The number of amides is 1. The molecule has 138 valence electrons. The average Bonchev–Trinajstić information content (AvgIpc) is 2.70. The minimum absolute atomic E-state index is 0.156. The zero-order valence-corrected chi connectivity index (χ0v) is 15.6. The largest absolute Gasteiger partial charge is 0.497 e. The van der Waals surface area contributed by atoms with Crippen LogP contribution in [-0.2, 0) is 9.53 Å². The van der Waals surface area contributed by atoms with Gasteiger partial charge in [0.05, 0.1) is 26.2 Å². The molecule has 1 amide bonds. The zero-order valence-electron chi connectivity index (χ0n) is 15.6. The van der Waals surface area contributed by atoms with Gasteiger partial charge in [0.15, 0.2) is 0 Å². The van der Waals surface area contributed by atoms with Gasteiger partial charge in [-0.25, -0.2) is 0 Å². The lowest BCUT2D eigenvalue weighted by Gasteiger charge is -2.31. The van der Waals surface area contributed by atoms with Crippen molar-refractivity contribution in [1.29, 1.82) is 0 Å². The molecule has 2 aromatic carbocycles. The van der Waals surface area contributed by atoms with E-state index in [1.807, 2.05) is 37.3 Å². The molecule has 0 aliphatic rings. The number of rotatable bonds is 7. The Labute approximate surface area is 154 Å². The van der Waals surface area contributed by atoms with Crippen molar-refractivity contribution in [3.8, 4) is 5.75 Å². The molecule has 0 aliphatic heterocycles. The molecular weight excluding hydrogens is 330 g/mol. The molecule has 5 heteroatoms. The second-order valence-electron chi connectivity index (χ2n) is 6.20. The summed E-state index contributed by atoms with van der Waals surface area (Å²) in [6.07, 6.45) is 0. The topological polar surface area (TPSA) is 55.8 Å². The summed E-state index contributed by atoms with van der Waals surface area (Å²) in [6.45, 7) is 3.98. The highest BCUT2D eigenvalue weighted by Gasteiger charge is 2.27. The second kappa shape index (κ2) is 9.04. The van der Waals surface area contributed by atoms with Gasteiger partial charge in [0, 0.05) is 12.1 Å². The summed E-state index contributed by atoms with van der Waals surface area (Å²) in [6, 6.07) is 16.6. The van der Waals surface area contributed by atoms with Gasteiger partial charge in [-0.2, -0.15) is 0 Å². The maximum atomic E-state index is 13.2. The molecule has 0 N–H and O–H groups in total. The summed E-state index contributed by atoms with van der Waals surface area (Å²) in [7, 11) is 2.92. The van der Waals surface area contributed by atoms with Crippen molar-refractivity contribution in [3.63, 3.8) is 0 Å². The molecule has 0 saturated heterocycles. The molecule has 0 bridgehead atoms. The van der Waals surface area contributed by atoms with Crippen molar-refractivity contribution >= 4 is 11.9 Å². The first-order chi connectivity index (χ1) is 12.5. The number of methoxy groups -OCH3 is 2. The highest BCUT2D eigenvalue weighted by atomic mass is 16.5. The summed E-state index contributed by atoms with van der Waals surface area (Å²) >= 11 is 0. The molecule has 2 aromatic rings. The highest BCUT2D eigenvalue weighted by molar-refractivity contribution is 5.95. The molecule has 5 nitrogen and oxygen atoms in total. The molecule has 0 radical (unpaired) electrons. The van der Waals surface area contributed by atoms with Gasteiger partial charge >= 0.3 is 5.97 Å². The van der Waals surface area contributed by atoms with Crippen LogP contribution in [0.4, 0.5) is 0 Å². The molecule has 0 aliphatic carbocycles. The van der Waals surface area contributed by atoms with Crippen molar-refractivity contribution in [1.82, 2.24) is 4.90 Å². The Morgan fingerprint density at radius 3 is 2.31 bits per heavy atom. The molecule has 26 heavy (non-hydrogen) atoms. The molecule has 0 aromatic heterocycles. The fraction of sp³-hybridized carbons (Fsp3) is 0.333. The number of ether oxygens (including phenoxy) is 2. The summed E-state index contributed by atoms with van der Waals surface area (Å²) in [5, 5.41) is 0. The van der Waals surface area contributed by atoms with E-state index in [1.54, 1.807) is 43.2 Å². The summed E-state index contributed by atoms with van der Waals surface area (Å²) < 4.78 is 10.0. The maximum absolute atomic E-state index is 13.2. The Hall–Kier alpha value is -2.82. The Kier molecular flexibility index (Phi) is 6.78. The molecule has 2 atom stereocenters. The first-order valence-corrected chi connectivity index (χ1v) is 8.55. The Morgan fingerprint density at radius 2 is 1.69 bits per heavy atom. The lowest BCUT2D eigenvalue weighted by molar-refractivity contribution is -0.145. The molecule has 0 spiro atoms. The first-order valence-electron chi connectivity index (χ1n) is 8.55. The second-order valence-corrected chi connectivity index (χ2v) is 6.20. The van der Waals surface area contributed by atoms with Crippen molar-refractivity contribution in [2.24, 2.45) is 5.92 Å². The van der Waals surface area contributed by atoms with Gasteiger partial charge in [0.1, 0.15) is 5.75 Å². The molecule has 0 saturated carbocycles. The molecule has 0 fully saturated rings. The van der Waals surface area contributed by atoms with Gasteiger partial charge in [-0.1, -0.05) is 43.3 Å². The van der Waals surface area contributed by atoms with Gasteiger partial charge in [0.25, 0.3) is 5.91 Å². The SMILES string of the molecule is COC(=O)C(C)CN(C(=O)c1cccc(OC)c1)C(C)c1ccccc1. The third-order valence-electron chi connectivity index (χ3n) is 4.40. The van der Waals surface area contributed by atoms with Gasteiger partial charge < -0.3 is 14.4 Å². The zero-order chi connectivity index (χ0) is 19.1. The van der Waals surface area contributed by atoms with Gasteiger partial charge in [0.2, 0.25) is 0 Å². The average molecular weight is 355 g/mol. The third-order valence-corrected chi connectivity index (χ3v) is 4.40. The van der Waals surface area contributed by atoms with Crippen molar-refractivity contribution in [2.45, 2.75) is 19.9 Å². The van der Waals surface area contributed by atoms with Crippen LogP contribution in [0.2, 0.25) is 0 Å². The Bertz CT molecular complexity index is 745. The number of nitrogens with zero attached hydrogens (tertiary/aromatic N) is 1. The van der Waals surface area contributed by atoms with Crippen molar-refractivity contribution in [3.05, 3.63) is 65.7 Å². The van der Waals surface area contributed by atoms with Crippen LogP contribution in [0.25, 0.3) is 0 Å². The van der Waals surface area contributed by atoms with Crippen LogP contribution in [-0.4, -0.2) is 37.5 Å². The van der Waals surface area contributed by atoms with Crippen LogP contribution >= 0.6 is 0 Å². The highest BCUT2D eigenvalue weighted by Crippen LogP contribution is 2.25. The summed E-state index contributed by atoms with van der Waals surface area (Å²) in [4.78, 5) is 26.8. The lowest BCUT2D eigenvalue weighted by atomic mass is 10.0. The van der Waals surface area contributed by atoms with E-state index in [0.717, 1.165) is 5.56 Å². The molecule has 2 unspecified atom stereocenters. The van der Waals surface area contributed by atoms with E-state index in [1.165, 1.54) is 7.11 Å². The van der Waals surface area contributed by atoms with E-state index in [9.17, 15) is 9.59 Å². The minimum atomic E-state index is -0.430. The van der Waals surface area contributed by atoms with Crippen molar-refractivity contribution in [2.75, 3.05) is 20.8 Å². The van der Waals surface area contributed by atoms with Crippen molar-refractivity contribution < 1.29 is 19.1 Å².